The van der Waals surface area contributed by atoms with Crippen molar-refractivity contribution in [1.82, 2.24) is 0 Å². The summed E-state index contributed by atoms with van der Waals surface area (Å²) in [7, 11) is -3.74. The van der Waals surface area contributed by atoms with Crippen molar-refractivity contribution < 1.29 is 8.42 Å². The second-order valence-corrected chi connectivity index (χ2v) is 7.98. The fourth-order valence-corrected chi connectivity index (χ4v) is 4.13. The first-order valence-electron chi connectivity index (χ1n) is 5.95. The van der Waals surface area contributed by atoms with E-state index >= 15 is 0 Å². The van der Waals surface area contributed by atoms with Gasteiger partial charge in [0.05, 0.1) is 15.6 Å². The first-order chi connectivity index (χ1) is 9.70. The molecule has 0 saturated carbocycles. The van der Waals surface area contributed by atoms with Crippen molar-refractivity contribution in [2.75, 3.05) is 4.72 Å². The number of nitrogens with one attached hydrogen (secondary N) is 1. The lowest BCUT2D eigenvalue weighted by atomic mass is 10.2. The van der Waals surface area contributed by atoms with Crippen molar-refractivity contribution in [1.29, 1.82) is 0 Å². The molecule has 1 N–H and O–H groups in total. The highest BCUT2D eigenvalue weighted by molar-refractivity contribution is 9.10. The zero-order valence-electron chi connectivity index (χ0n) is 11.2. The van der Waals surface area contributed by atoms with Gasteiger partial charge in [0.25, 0.3) is 10.0 Å². The number of halogens is 3. The first kappa shape index (κ1) is 16.6. The van der Waals surface area contributed by atoms with Crippen LogP contribution < -0.4 is 4.72 Å². The average molecular weight is 409 g/mol. The summed E-state index contributed by atoms with van der Waals surface area (Å²) in [4.78, 5) is 0.185. The maximum atomic E-state index is 12.5. The van der Waals surface area contributed by atoms with E-state index < -0.39 is 10.0 Å². The topological polar surface area (TPSA) is 46.2 Å². The molecule has 7 heteroatoms. The molecule has 0 radical (unpaired) electrons. The van der Waals surface area contributed by atoms with Crippen LogP contribution in [0, 0.1) is 13.8 Å². The second-order valence-electron chi connectivity index (χ2n) is 4.60. The zero-order chi connectivity index (χ0) is 15.8. The van der Waals surface area contributed by atoms with Gasteiger partial charge in [-0.25, -0.2) is 8.42 Å². The van der Waals surface area contributed by atoms with Crippen molar-refractivity contribution in [2.45, 2.75) is 18.7 Å². The molecule has 21 heavy (non-hydrogen) atoms. The van der Waals surface area contributed by atoms with Gasteiger partial charge in [0, 0.05) is 9.50 Å². The molecular weight excluding hydrogens is 397 g/mol. The van der Waals surface area contributed by atoms with Crippen LogP contribution in [0.25, 0.3) is 0 Å². The molecule has 2 aromatic rings. The third-order valence-corrected chi connectivity index (χ3v) is 5.65. The van der Waals surface area contributed by atoms with Crippen LogP contribution in [0.1, 0.15) is 11.1 Å². The van der Waals surface area contributed by atoms with E-state index in [-0.39, 0.29) is 10.6 Å². The number of hydrogen-bond donors (Lipinski definition) is 1. The van der Waals surface area contributed by atoms with Crippen LogP contribution in [0.5, 0.6) is 0 Å². The van der Waals surface area contributed by atoms with Gasteiger partial charge in [-0.3, -0.25) is 4.72 Å². The lowest BCUT2D eigenvalue weighted by molar-refractivity contribution is 0.600. The third kappa shape index (κ3) is 3.72. The van der Waals surface area contributed by atoms with Gasteiger partial charge in [0.2, 0.25) is 0 Å². The van der Waals surface area contributed by atoms with Crippen molar-refractivity contribution >= 4 is 54.8 Å². The molecule has 0 aromatic heterocycles. The molecule has 0 spiro atoms. The SMILES string of the molecule is Cc1cc(Cl)c(NS(=O)(=O)c2cc(Br)ccc2C)cc1Cl. The molecule has 3 nitrogen and oxygen atoms in total. The number of benzene rings is 2. The van der Waals surface area contributed by atoms with Crippen molar-refractivity contribution in [3.05, 3.63) is 56.0 Å². The molecule has 0 aliphatic heterocycles. The van der Waals surface area contributed by atoms with E-state index in [0.29, 0.717) is 20.1 Å². The number of hydrogen-bond acceptors (Lipinski definition) is 2. The van der Waals surface area contributed by atoms with Crippen LogP contribution in [0.2, 0.25) is 10.0 Å². The molecule has 0 atom stereocenters. The van der Waals surface area contributed by atoms with Gasteiger partial charge in [0.15, 0.2) is 0 Å². The van der Waals surface area contributed by atoms with Crippen molar-refractivity contribution in [3.63, 3.8) is 0 Å². The molecule has 0 fully saturated rings. The highest BCUT2D eigenvalue weighted by Crippen LogP contribution is 2.31. The lowest BCUT2D eigenvalue weighted by Gasteiger charge is -2.13. The van der Waals surface area contributed by atoms with E-state index in [1.807, 2.05) is 0 Å². The summed E-state index contributed by atoms with van der Waals surface area (Å²) >= 11 is 15.4. The largest absolute Gasteiger partial charge is 0.278 e. The maximum absolute atomic E-state index is 12.5. The third-order valence-electron chi connectivity index (χ3n) is 2.93. The molecule has 0 aliphatic rings. The van der Waals surface area contributed by atoms with Gasteiger partial charge in [-0.1, -0.05) is 45.2 Å². The predicted octanol–water partition coefficient (Wildman–Crippen LogP) is 5.17. The van der Waals surface area contributed by atoms with Gasteiger partial charge in [-0.15, -0.1) is 0 Å². The van der Waals surface area contributed by atoms with Crippen LogP contribution in [-0.4, -0.2) is 8.42 Å². The minimum Gasteiger partial charge on any atom is -0.278 e. The smallest absolute Gasteiger partial charge is 0.262 e. The van der Waals surface area contributed by atoms with Crippen LogP contribution in [0.4, 0.5) is 5.69 Å². The van der Waals surface area contributed by atoms with Crippen LogP contribution in [-0.2, 0) is 10.0 Å². The molecule has 0 aliphatic carbocycles. The summed E-state index contributed by atoms with van der Waals surface area (Å²) < 4.78 is 28.1. The first-order valence-corrected chi connectivity index (χ1v) is 8.98. The molecule has 112 valence electrons. The number of anilines is 1. The summed E-state index contributed by atoms with van der Waals surface area (Å²) in [6.07, 6.45) is 0. The number of sulfonamides is 1. The van der Waals surface area contributed by atoms with E-state index in [9.17, 15) is 8.42 Å². The van der Waals surface area contributed by atoms with Gasteiger partial charge in [-0.05, 0) is 49.2 Å². The van der Waals surface area contributed by atoms with Gasteiger partial charge < -0.3 is 0 Å². The van der Waals surface area contributed by atoms with E-state index in [1.165, 1.54) is 6.07 Å². The summed E-state index contributed by atoms with van der Waals surface area (Å²) in [5.41, 5.74) is 1.68. The summed E-state index contributed by atoms with van der Waals surface area (Å²) in [6.45, 7) is 3.52. The predicted molar refractivity (Wildman–Crippen MR) is 90.9 cm³/mol. The molecule has 0 unspecified atom stereocenters. The fraction of sp³-hybridized carbons (Fsp3) is 0.143. The van der Waals surface area contributed by atoms with E-state index in [1.54, 1.807) is 38.1 Å². The summed E-state index contributed by atoms with van der Waals surface area (Å²) in [6, 6.07) is 8.17. The van der Waals surface area contributed by atoms with Crippen LogP contribution in [0.15, 0.2) is 39.7 Å². The van der Waals surface area contributed by atoms with E-state index in [4.69, 9.17) is 23.2 Å². The standard InChI is InChI=1S/C14H12BrCl2NO2S/c1-8-3-4-10(15)6-14(8)21(19,20)18-13-7-11(16)9(2)5-12(13)17/h3-7,18H,1-2H3. The number of aryl methyl sites for hydroxylation is 2. The van der Waals surface area contributed by atoms with Crippen LogP contribution >= 0.6 is 39.1 Å². The fourth-order valence-electron chi connectivity index (χ4n) is 1.79. The maximum Gasteiger partial charge on any atom is 0.262 e. The quantitative estimate of drug-likeness (QED) is 0.760. The Balaban J connectivity index is 2.47. The van der Waals surface area contributed by atoms with Crippen molar-refractivity contribution in [3.8, 4) is 0 Å². The Morgan fingerprint density at radius 3 is 2.33 bits per heavy atom. The molecule has 2 rings (SSSR count). The van der Waals surface area contributed by atoms with E-state index in [2.05, 4.69) is 20.7 Å². The Kier molecular flexibility index (Phi) is 4.88. The van der Waals surface area contributed by atoms with Crippen LogP contribution in [0.3, 0.4) is 0 Å². The Morgan fingerprint density at radius 2 is 1.67 bits per heavy atom. The van der Waals surface area contributed by atoms with Gasteiger partial charge >= 0.3 is 0 Å². The van der Waals surface area contributed by atoms with E-state index in [0.717, 1.165) is 5.56 Å². The lowest BCUT2D eigenvalue weighted by Crippen LogP contribution is -2.14. The number of rotatable bonds is 3. The minimum atomic E-state index is -3.74. The molecule has 0 heterocycles. The molecule has 0 bridgehead atoms. The van der Waals surface area contributed by atoms with Gasteiger partial charge in [0.1, 0.15) is 0 Å². The highest BCUT2D eigenvalue weighted by atomic mass is 79.9. The minimum absolute atomic E-state index is 0.185. The summed E-state index contributed by atoms with van der Waals surface area (Å²) in [5.74, 6) is 0. The summed E-state index contributed by atoms with van der Waals surface area (Å²) in [5, 5.41) is 0.746. The monoisotopic (exact) mass is 407 g/mol. The van der Waals surface area contributed by atoms with Gasteiger partial charge in [-0.2, -0.15) is 0 Å². The Hall–Kier alpha value is -0.750. The van der Waals surface area contributed by atoms with Crippen molar-refractivity contribution in [2.24, 2.45) is 0 Å². The second kappa shape index (κ2) is 6.16. The normalized spacial score (nSPS) is 11.5. The molecular formula is C14H12BrCl2NO2S. The Labute approximate surface area is 142 Å². The molecule has 2 aromatic carbocycles. The zero-order valence-corrected chi connectivity index (χ0v) is 15.2. The average Bonchev–Trinajstić information content (AvgIpc) is 2.38. The highest BCUT2D eigenvalue weighted by Gasteiger charge is 2.19. The molecule has 0 saturated heterocycles. The molecule has 0 amide bonds. The Morgan fingerprint density at radius 1 is 1.00 bits per heavy atom. The Bertz CT molecular complexity index is 807.